The highest BCUT2D eigenvalue weighted by Gasteiger charge is 2.35. The van der Waals surface area contributed by atoms with Crippen LogP contribution in [-0.2, 0) is 0 Å². The Bertz CT molecular complexity index is 1050. The van der Waals surface area contributed by atoms with Crippen LogP contribution in [0.5, 0.6) is 17.2 Å². The molecule has 3 rings (SSSR count). The summed E-state index contributed by atoms with van der Waals surface area (Å²) < 4.78 is 12.3. The molecule has 0 heterocycles. The average molecular weight is 584 g/mol. The zero-order valence-electron chi connectivity index (χ0n) is 19.1. The van der Waals surface area contributed by atoms with Gasteiger partial charge in [-0.3, -0.25) is 0 Å². The van der Waals surface area contributed by atoms with E-state index in [-0.39, 0.29) is 54.6 Å². The molecule has 8 heteroatoms. The predicted molar refractivity (Wildman–Crippen MR) is 143 cm³/mol. The molecule has 0 saturated heterocycles. The minimum atomic E-state index is -1.17. The zero-order chi connectivity index (χ0) is 25.2. The van der Waals surface area contributed by atoms with Crippen LogP contribution < -0.4 is 9.47 Å². The second-order valence-electron chi connectivity index (χ2n) is 7.98. The second-order valence-corrected chi connectivity index (χ2v) is 9.65. The van der Waals surface area contributed by atoms with Gasteiger partial charge in [0.25, 0.3) is 0 Å². The topological polar surface area (TPSA) is 79.2 Å². The Hall–Kier alpha value is -1.96. The fourth-order valence-electron chi connectivity index (χ4n) is 4.28. The van der Waals surface area contributed by atoms with Gasteiger partial charge in [0.2, 0.25) is 0 Å². The van der Waals surface area contributed by atoms with Gasteiger partial charge in [-0.25, -0.2) is 0 Å². The van der Waals surface area contributed by atoms with Crippen molar-refractivity contribution in [3.63, 3.8) is 0 Å². The van der Waals surface area contributed by atoms with E-state index in [0.717, 1.165) is 15.6 Å². The Balaban J connectivity index is 2.15. The summed E-state index contributed by atoms with van der Waals surface area (Å²) in [7, 11) is 0. The number of ether oxygens (including phenoxy) is 2. The van der Waals surface area contributed by atoms with Crippen LogP contribution in [0.4, 0.5) is 0 Å². The lowest BCUT2D eigenvalue weighted by Crippen LogP contribution is -2.21. The minimum Gasteiger partial charge on any atom is -0.507 e. The third kappa shape index (κ3) is 7.28. The molecule has 5 nitrogen and oxygen atoms in total. The normalized spacial score (nSPS) is 13.7. The van der Waals surface area contributed by atoms with Crippen molar-refractivity contribution in [2.24, 2.45) is 0 Å². The number of phenols is 1. The van der Waals surface area contributed by atoms with Crippen molar-refractivity contribution < 1.29 is 24.8 Å². The van der Waals surface area contributed by atoms with Gasteiger partial charge in [0.1, 0.15) is 30.5 Å². The third-order valence-corrected chi connectivity index (χ3v) is 6.60. The van der Waals surface area contributed by atoms with Crippen LogP contribution in [-0.4, -0.2) is 46.9 Å². The molecule has 35 heavy (non-hydrogen) atoms. The van der Waals surface area contributed by atoms with Crippen LogP contribution >= 0.6 is 39.1 Å². The molecule has 0 aliphatic carbocycles. The van der Waals surface area contributed by atoms with Gasteiger partial charge >= 0.3 is 0 Å². The lowest BCUT2D eigenvalue weighted by molar-refractivity contribution is 0.117. The maximum Gasteiger partial charge on any atom is 0.132 e. The van der Waals surface area contributed by atoms with Crippen molar-refractivity contribution in [3.05, 3.63) is 87.9 Å². The highest BCUT2D eigenvalue weighted by atomic mass is 79.9. The van der Waals surface area contributed by atoms with Crippen LogP contribution in [0, 0.1) is 0 Å². The standard InChI is InChI=1S/C27H29BrCl2O5/c28-20-8-6-19(7-9-20)25(22(10-13-31)18-4-2-1-3-5-18)27(33)26-23(32)16-21(34-14-11-29)17-24(26)35-15-12-30/h1-9,16-17,22,25,27,31-33H,10-15H2/t22?,25?,27-/m0/s1. The number of benzene rings is 3. The molecule has 0 amide bonds. The number of aliphatic hydroxyl groups is 2. The van der Waals surface area contributed by atoms with E-state index in [9.17, 15) is 15.3 Å². The Labute approximate surface area is 224 Å². The van der Waals surface area contributed by atoms with E-state index in [0.29, 0.717) is 12.2 Å². The maximum atomic E-state index is 11.9. The van der Waals surface area contributed by atoms with Gasteiger partial charge < -0.3 is 24.8 Å². The quantitative estimate of drug-likeness (QED) is 0.204. The van der Waals surface area contributed by atoms with E-state index in [1.165, 1.54) is 6.07 Å². The molecule has 3 atom stereocenters. The first kappa shape index (κ1) is 27.6. The Morgan fingerprint density at radius 2 is 1.51 bits per heavy atom. The molecular weight excluding hydrogens is 555 g/mol. The summed E-state index contributed by atoms with van der Waals surface area (Å²) in [6.07, 6.45) is -0.752. The van der Waals surface area contributed by atoms with E-state index in [1.54, 1.807) is 6.07 Å². The molecule has 0 aliphatic heterocycles. The fourth-order valence-corrected chi connectivity index (χ4v) is 4.70. The van der Waals surface area contributed by atoms with Crippen LogP contribution in [0.3, 0.4) is 0 Å². The van der Waals surface area contributed by atoms with E-state index >= 15 is 0 Å². The Morgan fingerprint density at radius 1 is 0.857 bits per heavy atom. The lowest BCUT2D eigenvalue weighted by atomic mass is 9.74. The first-order valence-corrected chi connectivity index (χ1v) is 13.2. The van der Waals surface area contributed by atoms with Crippen LogP contribution in [0.25, 0.3) is 0 Å². The van der Waals surface area contributed by atoms with Crippen molar-refractivity contribution in [3.8, 4) is 17.2 Å². The molecule has 3 aromatic carbocycles. The zero-order valence-corrected chi connectivity index (χ0v) is 22.2. The van der Waals surface area contributed by atoms with Gasteiger partial charge in [-0.05, 0) is 35.6 Å². The monoisotopic (exact) mass is 582 g/mol. The van der Waals surface area contributed by atoms with Crippen molar-refractivity contribution in [1.82, 2.24) is 0 Å². The Kier molecular flexibility index (Phi) is 11.0. The number of aliphatic hydroxyl groups excluding tert-OH is 2. The summed E-state index contributed by atoms with van der Waals surface area (Å²) in [4.78, 5) is 0. The summed E-state index contributed by atoms with van der Waals surface area (Å²) in [6, 6.07) is 20.5. The van der Waals surface area contributed by atoms with E-state index in [4.69, 9.17) is 32.7 Å². The molecule has 0 bridgehead atoms. The highest BCUT2D eigenvalue weighted by molar-refractivity contribution is 9.10. The molecule has 0 aromatic heterocycles. The van der Waals surface area contributed by atoms with Crippen LogP contribution in [0.2, 0.25) is 0 Å². The molecule has 188 valence electrons. The molecule has 0 radical (unpaired) electrons. The molecule has 0 aliphatic rings. The van der Waals surface area contributed by atoms with Gasteiger partial charge in [-0.15, -0.1) is 23.2 Å². The SMILES string of the molecule is OCCC(c1ccccc1)C(c1ccc(Br)cc1)[C@H](O)c1c(O)cc(OCCCl)cc1OCCCl. The molecule has 3 N–H and O–H groups in total. The number of rotatable bonds is 13. The number of phenolic OH excluding ortho intramolecular Hbond substituents is 1. The third-order valence-electron chi connectivity index (χ3n) is 5.77. The van der Waals surface area contributed by atoms with Gasteiger partial charge in [0.05, 0.1) is 23.4 Å². The van der Waals surface area contributed by atoms with Crippen molar-refractivity contribution in [2.45, 2.75) is 24.4 Å². The highest BCUT2D eigenvalue weighted by Crippen LogP contribution is 2.49. The minimum absolute atomic E-state index is 0.0634. The first-order valence-electron chi connectivity index (χ1n) is 11.3. The number of aromatic hydroxyl groups is 1. The fraction of sp³-hybridized carbons (Fsp3) is 0.333. The van der Waals surface area contributed by atoms with Crippen molar-refractivity contribution in [1.29, 1.82) is 0 Å². The van der Waals surface area contributed by atoms with Crippen molar-refractivity contribution >= 4 is 39.1 Å². The van der Waals surface area contributed by atoms with E-state index < -0.39 is 12.0 Å². The molecule has 3 aromatic rings. The summed E-state index contributed by atoms with van der Waals surface area (Å²) in [5, 5.41) is 32.8. The summed E-state index contributed by atoms with van der Waals surface area (Å²) >= 11 is 15.1. The van der Waals surface area contributed by atoms with E-state index in [2.05, 4.69) is 15.9 Å². The van der Waals surface area contributed by atoms with Crippen LogP contribution in [0.1, 0.15) is 41.1 Å². The molecule has 0 spiro atoms. The maximum absolute atomic E-state index is 11.9. The number of hydrogen-bond acceptors (Lipinski definition) is 5. The smallest absolute Gasteiger partial charge is 0.132 e. The van der Waals surface area contributed by atoms with E-state index in [1.807, 2.05) is 54.6 Å². The van der Waals surface area contributed by atoms with Gasteiger partial charge in [0, 0.05) is 29.1 Å². The molecular formula is C27H29BrCl2O5. The lowest BCUT2D eigenvalue weighted by Gasteiger charge is -2.33. The molecule has 2 unspecified atom stereocenters. The average Bonchev–Trinajstić information content (AvgIpc) is 2.87. The first-order chi connectivity index (χ1) is 17.0. The summed E-state index contributed by atoms with van der Waals surface area (Å²) in [6.45, 7) is 0.374. The largest absolute Gasteiger partial charge is 0.507 e. The van der Waals surface area contributed by atoms with Gasteiger partial charge in [0.15, 0.2) is 0 Å². The number of alkyl halides is 2. The predicted octanol–water partition coefficient (Wildman–Crippen LogP) is 6.37. The Morgan fingerprint density at radius 3 is 2.14 bits per heavy atom. The number of hydrogen-bond donors (Lipinski definition) is 3. The van der Waals surface area contributed by atoms with Gasteiger partial charge in [-0.1, -0.05) is 58.4 Å². The van der Waals surface area contributed by atoms with Crippen LogP contribution in [0.15, 0.2) is 71.2 Å². The second kappa shape index (κ2) is 14.0. The van der Waals surface area contributed by atoms with Gasteiger partial charge in [-0.2, -0.15) is 0 Å². The number of halogens is 3. The molecule has 0 saturated carbocycles. The molecule has 0 fully saturated rings. The summed E-state index contributed by atoms with van der Waals surface area (Å²) in [5.74, 6) is 0.262. The summed E-state index contributed by atoms with van der Waals surface area (Å²) in [5.41, 5.74) is 2.06. The van der Waals surface area contributed by atoms with Crippen molar-refractivity contribution in [2.75, 3.05) is 31.6 Å².